The van der Waals surface area contributed by atoms with Gasteiger partial charge in [-0.25, -0.2) is 8.78 Å². The molecule has 0 saturated heterocycles. The van der Waals surface area contributed by atoms with Crippen molar-refractivity contribution in [1.29, 1.82) is 0 Å². The molecule has 2 aromatic heterocycles. The van der Waals surface area contributed by atoms with Crippen LogP contribution in [0.4, 0.5) is 20.2 Å². The van der Waals surface area contributed by atoms with Gasteiger partial charge < -0.3 is 61.1 Å². The predicted molar refractivity (Wildman–Crippen MR) is 359 cm³/mol. The van der Waals surface area contributed by atoms with E-state index in [9.17, 15) is 47.1 Å². The van der Waals surface area contributed by atoms with E-state index in [1.807, 2.05) is 69.2 Å². The Labute approximate surface area is 548 Å². The van der Waals surface area contributed by atoms with Gasteiger partial charge in [0.1, 0.15) is 35.2 Å². The molecule has 6 aromatic rings. The Morgan fingerprint density at radius 3 is 1.19 bits per heavy atom. The van der Waals surface area contributed by atoms with Crippen LogP contribution in [0.1, 0.15) is 134 Å². The number of nitrogens with one attached hydrogen (secondary N) is 8. The van der Waals surface area contributed by atoms with Gasteiger partial charge in [-0.15, -0.1) is 0 Å². The first-order valence-corrected chi connectivity index (χ1v) is 32.2. The van der Waals surface area contributed by atoms with E-state index in [2.05, 4.69) is 41.9 Å². The SMILES string of the molecule is CC[C@H](NC)C(=O)N[C@@H](Cc1c(C)cc(OCC(=O)NCCCCNC(=O)COc2cc(C)c(C[C@H](NC(=O)[C@H](CC)NC)C(=O)N3CC(C)(C)c4[nH]c(=O)c(Cc5ccc(F)cc5)cc43)c(C)c2)cc1C)C(=O)N1CC(C)(C)c2[nH]c(=O)c(Cc3ccc(F)cc3)cc21. The Morgan fingerprint density at radius 2 is 0.872 bits per heavy atom. The molecule has 0 radical (unpaired) electrons. The largest absolute Gasteiger partial charge is 0.484 e. The van der Waals surface area contributed by atoms with Gasteiger partial charge in [0.25, 0.3) is 22.9 Å². The molecule has 8 N–H and O–H groups in total. The first-order chi connectivity index (χ1) is 44.6. The van der Waals surface area contributed by atoms with Crippen LogP contribution in [0.15, 0.2) is 94.5 Å². The second-order valence-electron chi connectivity index (χ2n) is 26.1. The molecule has 2 aliphatic rings. The number of pyridine rings is 2. The lowest BCUT2D eigenvalue weighted by Crippen LogP contribution is -2.54. The van der Waals surface area contributed by atoms with Crippen LogP contribution in [0.3, 0.4) is 0 Å². The number of carbonyl (C=O) groups is 6. The number of aromatic nitrogens is 2. The minimum Gasteiger partial charge on any atom is -0.484 e. The molecule has 22 heteroatoms. The number of ether oxygens (including phenoxy) is 2. The van der Waals surface area contributed by atoms with Crippen LogP contribution in [0.2, 0.25) is 0 Å². The fourth-order valence-electron chi connectivity index (χ4n) is 12.6. The summed E-state index contributed by atoms with van der Waals surface area (Å²) < 4.78 is 39.4. The van der Waals surface area contributed by atoms with E-state index in [4.69, 9.17) is 9.47 Å². The van der Waals surface area contributed by atoms with Gasteiger partial charge >= 0.3 is 0 Å². The van der Waals surface area contributed by atoms with Crippen molar-refractivity contribution in [3.63, 3.8) is 0 Å². The maximum Gasteiger partial charge on any atom is 0.257 e. The summed E-state index contributed by atoms with van der Waals surface area (Å²) in [6.07, 6.45) is 2.82. The molecule has 20 nitrogen and oxygen atoms in total. The van der Waals surface area contributed by atoms with Crippen LogP contribution >= 0.6 is 0 Å². The lowest BCUT2D eigenvalue weighted by atomic mass is 9.91. The Morgan fingerprint density at radius 1 is 0.532 bits per heavy atom. The van der Waals surface area contributed by atoms with Gasteiger partial charge in [0, 0.05) is 85.2 Å². The first-order valence-electron chi connectivity index (χ1n) is 32.2. The summed E-state index contributed by atoms with van der Waals surface area (Å²) in [5.74, 6) is -1.94. The quantitative estimate of drug-likeness (QED) is 0.0223. The van der Waals surface area contributed by atoms with Gasteiger partial charge in [-0.05, 0) is 173 Å². The highest BCUT2D eigenvalue weighted by molar-refractivity contribution is 6.03. The number of fused-ring (bicyclic) bond motifs is 2. The number of unbranched alkanes of at least 4 members (excludes halogenated alkanes) is 1. The zero-order chi connectivity index (χ0) is 68.3. The predicted octanol–water partition coefficient (Wildman–Crippen LogP) is 6.93. The number of halogens is 2. The topological polar surface area (TPSA) is 265 Å². The van der Waals surface area contributed by atoms with Crippen LogP contribution in [0.25, 0.3) is 0 Å². The van der Waals surface area contributed by atoms with Crippen molar-refractivity contribution < 1.29 is 47.0 Å². The summed E-state index contributed by atoms with van der Waals surface area (Å²) in [7, 11) is 3.37. The molecular formula is C72H90F2N10O10. The minimum absolute atomic E-state index is 0.142. The second kappa shape index (κ2) is 30.8. The van der Waals surface area contributed by atoms with Crippen molar-refractivity contribution in [2.45, 2.75) is 156 Å². The molecular weight excluding hydrogens is 1200 g/mol. The first kappa shape index (κ1) is 70.8. The third-order valence-corrected chi connectivity index (χ3v) is 17.9. The Hall–Kier alpha value is -9.02. The molecule has 0 spiro atoms. The van der Waals surface area contributed by atoms with E-state index in [1.54, 1.807) is 84.6 Å². The monoisotopic (exact) mass is 1290 g/mol. The highest BCUT2D eigenvalue weighted by Gasteiger charge is 2.44. The zero-order valence-electron chi connectivity index (χ0n) is 56.0. The number of rotatable bonds is 29. The molecule has 94 heavy (non-hydrogen) atoms. The smallest absolute Gasteiger partial charge is 0.257 e. The van der Waals surface area contributed by atoms with E-state index >= 15 is 0 Å². The molecule has 2 aliphatic heterocycles. The molecule has 502 valence electrons. The maximum absolute atomic E-state index is 14.9. The lowest BCUT2D eigenvalue weighted by molar-refractivity contribution is -0.128. The normalized spacial score (nSPS) is 14.9. The maximum atomic E-state index is 14.9. The van der Waals surface area contributed by atoms with E-state index < -0.39 is 35.0 Å². The summed E-state index contributed by atoms with van der Waals surface area (Å²) in [5, 5.41) is 17.8. The minimum atomic E-state index is -1.00. The van der Waals surface area contributed by atoms with E-state index in [1.165, 1.54) is 24.3 Å². The number of anilines is 2. The fourth-order valence-corrected chi connectivity index (χ4v) is 12.6. The Balaban J connectivity index is 0.818. The lowest BCUT2D eigenvalue weighted by Gasteiger charge is -2.28. The molecule has 0 fully saturated rings. The van der Waals surface area contributed by atoms with Gasteiger partial charge in [-0.2, -0.15) is 0 Å². The number of hydrogen-bond donors (Lipinski definition) is 8. The number of aryl methyl sites for hydroxylation is 4. The molecule has 0 saturated carbocycles. The molecule has 6 amide bonds. The van der Waals surface area contributed by atoms with Crippen LogP contribution in [0.5, 0.6) is 11.5 Å². The summed E-state index contributed by atoms with van der Waals surface area (Å²) in [4.78, 5) is 119. The van der Waals surface area contributed by atoms with Crippen LogP contribution in [0, 0.1) is 39.3 Å². The third-order valence-electron chi connectivity index (χ3n) is 17.9. The van der Waals surface area contributed by atoms with Crippen molar-refractivity contribution >= 4 is 46.8 Å². The van der Waals surface area contributed by atoms with E-state index in [-0.39, 0.29) is 110 Å². The number of H-pyrrole nitrogens is 2. The molecule has 4 aromatic carbocycles. The second-order valence-corrected chi connectivity index (χ2v) is 26.1. The average molecular weight is 1290 g/mol. The summed E-state index contributed by atoms with van der Waals surface area (Å²) in [6, 6.07) is 19.3. The van der Waals surface area contributed by atoms with Crippen molar-refractivity contribution in [3.05, 3.63) is 184 Å². The van der Waals surface area contributed by atoms with Crippen LogP contribution in [-0.2, 0) is 65.3 Å². The molecule has 0 bridgehead atoms. The number of nitrogens with zero attached hydrogens (tertiary/aromatic N) is 2. The number of likely N-dealkylation sites (N-methyl/N-ethyl adjacent to an activating group) is 2. The van der Waals surface area contributed by atoms with Gasteiger partial charge in [0.2, 0.25) is 23.6 Å². The number of hydrogen-bond acceptors (Lipinski definition) is 12. The van der Waals surface area contributed by atoms with Gasteiger partial charge in [0.15, 0.2) is 13.2 Å². The summed E-state index contributed by atoms with van der Waals surface area (Å²) in [5.41, 5.74) is 7.48. The van der Waals surface area contributed by atoms with Gasteiger partial charge in [-0.3, -0.25) is 38.4 Å². The number of amides is 6. The average Bonchev–Trinajstić information content (AvgIpc) is 1.60. The standard InChI is InChI=1S/C72H90F2N10O10/c1-13-55(75-11)67(89)79-57(69(91)83-39-71(7,8)63-59(83)33-47(65(87)81-63)31-45-17-21-49(73)22-18-45)35-53-41(3)27-51(28-42(53)4)93-37-61(85)77-25-15-16-26-78-62(86)38-94-52-29-43(5)54(44(6)30-52)36-58(80-68(90)56(14-2)76-12)70(92)84-40-72(9,10)64-60(84)34-48(66(88)82-64)32-46-19-23-50(74)24-20-46/h17-24,27-30,33-34,55-58,75-76H,13-16,25-26,31-32,35-40H2,1-12H3,(H,77,85)(H,78,86)(H,79,89)(H,80,90)(H,81,87)(H,82,88)/t55-,56-,57-,58-/m0/s1. The molecule has 0 unspecified atom stereocenters. The van der Waals surface area contributed by atoms with Crippen LogP contribution < -0.4 is 62.3 Å². The summed E-state index contributed by atoms with van der Waals surface area (Å²) in [6.45, 7) is 19.7. The molecule has 0 aliphatic carbocycles. The molecule has 4 atom stereocenters. The summed E-state index contributed by atoms with van der Waals surface area (Å²) >= 11 is 0. The molecule has 4 heterocycles. The number of aromatic amines is 2. The van der Waals surface area contributed by atoms with Crippen molar-refractivity contribution in [1.82, 2.24) is 41.9 Å². The van der Waals surface area contributed by atoms with Gasteiger partial charge in [-0.1, -0.05) is 65.8 Å². The Bertz CT molecular complexity index is 3600. The van der Waals surface area contributed by atoms with E-state index in [0.717, 1.165) is 44.5 Å². The van der Waals surface area contributed by atoms with Crippen molar-refractivity contribution in [2.24, 2.45) is 0 Å². The van der Waals surface area contributed by atoms with Gasteiger partial charge in [0.05, 0.1) is 23.5 Å². The third kappa shape index (κ3) is 17.2. The highest BCUT2D eigenvalue weighted by atomic mass is 19.1. The molecule has 8 rings (SSSR count). The fraction of sp³-hybridized carbons (Fsp3) is 0.444. The van der Waals surface area contributed by atoms with Crippen molar-refractivity contribution in [3.8, 4) is 11.5 Å². The van der Waals surface area contributed by atoms with Crippen LogP contribution in [-0.4, -0.2) is 123 Å². The number of benzene rings is 4. The van der Waals surface area contributed by atoms with Crippen molar-refractivity contribution in [2.75, 3.05) is 63.3 Å². The van der Waals surface area contributed by atoms with E-state index in [0.29, 0.717) is 84.2 Å². The Kier molecular flexibility index (Phi) is 23.2. The zero-order valence-corrected chi connectivity index (χ0v) is 56.0. The highest BCUT2D eigenvalue weighted by Crippen LogP contribution is 2.41. The number of carbonyl (C=O) groups excluding carboxylic acids is 6.